The first-order valence-electron chi connectivity index (χ1n) is 7.43. The summed E-state index contributed by atoms with van der Waals surface area (Å²) in [5.41, 5.74) is -0.749. The normalized spacial score (nSPS) is 29.8. The molecule has 1 aromatic rings. The molecule has 1 saturated heterocycles. The van der Waals surface area contributed by atoms with E-state index in [0.29, 0.717) is 0 Å². The predicted molar refractivity (Wildman–Crippen MR) is 85.2 cm³/mol. The number of esters is 2. The maximum Gasteiger partial charge on any atom is 0.303 e. The molecule has 0 radical (unpaired) electrons. The van der Waals surface area contributed by atoms with Gasteiger partial charge in [-0.15, -0.1) is 0 Å². The molecule has 2 rings (SSSR count). The first-order chi connectivity index (χ1) is 11.4. The molecule has 1 aromatic carbocycles. The van der Waals surface area contributed by atoms with Crippen LogP contribution in [0.25, 0.3) is 0 Å². The number of carbonyl (C=O) groups excluding carboxylic acids is 2. The lowest BCUT2D eigenvalue weighted by molar-refractivity contribution is -0.228. The molecule has 1 heterocycles. The fourth-order valence-corrected chi connectivity index (χ4v) is 3.54. The zero-order valence-corrected chi connectivity index (χ0v) is 14.1. The molecular formula is C16H20O7S. The topological polar surface area (TPSA) is 102 Å². The summed E-state index contributed by atoms with van der Waals surface area (Å²) in [5, 5.41) is 19.7. The molecule has 8 heteroatoms. The summed E-state index contributed by atoms with van der Waals surface area (Å²) < 4.78 is 16.1. The van der Waals surface area contributed by atoms with Gasteiger partial charge in [-0.25, -0.2) is 0 Å². The van der Waals surface area contributed by atoms with Crippen LogP contribution in [0.1, 0.15) is 13.8 Å². The van der Waals surface area contributed by atoms with Gasteiger partial charge in [0, 0.05) is 18.7 Å². The van der Waals surface area contributed by atoms with Crippen LogP contribution in [0.15, 0.2) is 35.2 Å². The molecule has 1 aliphatic rings. The van der Waals surface area contributed by atoms with Crippen LogP contribution in [0, 0.1) is 0 Å². The van der Waals surface area contributed by atoms with Crippen LogP contribution in [0.5, 0.6) is 0 Å². The number of hydrogen-bond acceptors (Lipinski definition) is 8. The van der Waals surface area contributed by atoms with Crippen molar-refractivity contribution in [3.63, 3.8) is 0 Å². The minimum absolute atomic E-state index is 0.461. The van der Waals surface area contributed by atoms with Crippen molar-refractivity contribution in [1.82, 2.24) is 0 Å². The summed E-state index contributed by atoms with van der Waals surface area (Å²) in [7, 11) is 0. The van der Waals surface area contributed by atoms with Gasteiger partial charge < -0.3 is 24.4 Å². The third-order valence-corrected chi connectivity index (χ3v) is 4.55. The van der Waals surface area contributed by atoms with Gasteiger partial charge in [-0.2, -0.15) is 0 Å². The molecular weight excluding hydrogens is 336 g/mol. The van der Waals surface area contributed by atoms with E-state index in [2.05, 4.69) is 0 Å². The second kappa shape index (κ2) is 8.48. The second-order valence-electron chi connectivity index (χ2n) is 5.30. The van der Waals surface area contributed by atoms with Crippen LogP contribution in [0.4, 0.5) is 0 Å². The lowest BCUT2D eigenvalue weighted by atomic mass is 10.00. The molecule has 0 bridgehead atoms. The van der Waals surface area contributed by atoms with E-state index in [9.17, 15) is 19.8 Å². The molecule has 0 aromatic heterocycles. The molecule has 132 valence electrons. The van der Waals surface area contributed by atoms with Gasteiger partial charge in [0.25, 0.3) is 0 Å². The van der Waals surface area contributed by atoms with E-state index in [1.54, 1.807) is 0 Å². The van der Waals surface area contributed by atoms with Crippen molar-refractivity contribution in [2.24, 2.45) is 0 Å². The van der Waals surface area contributed by atoms with Crippen LogP contribution in [-0.2, 0) is 23.8 Å². The Morgan fingerprint density at radius 3 is 2.25 bits per heavy atom. The Bertz CT molecular complexity index is 565. The fourth-order valence-electron chi connectivity index (χ4n) is 2.41. The van der Waals surface area contributed by atoms with Gasteiger partial charge in [0.2, 0.25) is 0 Å². The fraction of sp³-hybridized carbons (Fsp3) is 0.500. The zero-order chi connectivity index (χ0) is 17.7. The summed E-state index contributed by atoms with van der Waals surface area (Å²) in [4.78, 5) is 23.6. The largest absolute Gasteiger partial charge is 0.456 e. The van der Waals surface area contributed by atoms with Crippen LogP contribution in [0.2, 0.25) is 0 Å². The van der Waals surface area contributed by atoms with E-state index < -0.39 is 48.4 Å². The van der Waals surface area contributed by atoms with E-state index in [1.807, 2.05) is 30.3 Å². The Hall–Kier alpha value is -1.61. The van der Waals surface area contributed by atoms with Crippen molar-refractivity contribution < 1.29 is 34.0 Å². The van der Waals surface area contributed by atoms with Crippen molar-refractivity contribution in [2.75, 3.05) is 6.61 Å². The molecule has 0 aliphatic carbocycles. The maximum atomic E-state index is 11.4. The van der Waals surface area contributed by atoms with Crippen LogP contribution in [-0.4, -0.2) is 58.6 Å². The molecule has 24 heavy (non-hydrogen) atoms. The van der Waals surface area contributed by atoms with Gasteiger partial charge >= 0.3 is 11.9 Å². The van der Waals surface area contributed by atoms with Crippen LogP contribution >= 0.6 is 11.8 Å². The van der Waals surface area contributed by atoms with E-state index in [1.165, 1.54) is 25.6 Å². The Morgan fingerprint density at radius 1 is 1.12 bits per heavy atom. The molecule has 0 unspecified atom stereocenters. The summed E-state index contributed by atoms with van der Waals surface area (Å²) in [6.07, 6.45) is -4.40. The molecule has 0 saturated carbocycles. The van der Waals surface area contributed by atoms with Gasteiger partial charge in [-0.05, 0) is 12.1 Å². The second-order valence-corrected chi connectivity index (χ2v) is 6.47. The van der Waals surface area contributed by atoms with E-state index in [-0.39, 0.29) is 0 Å². The predicted octanol–water partition coefficient (Wildman–Crippen LogP) is 0.720. The highest BCUT2D eigenvalue weighted by Gasteiger charge is 2.49. The minimum Gasteiger partial charge on any atom is -0.456 e. The van der Waals surface area contributed by atoms with Gasteiger partial charge in [-0.1, -0.05) is 30.0 Å². The summed E-state index contributed by atoms with van der Waals surface area (Å²) >= 11 is 1.25. The molecule has 7 nitrogen and oxygen atoms in total. The Balaban J connectivity index is 2.28. The standard InChI is InChI=1S/C16H20O7S/c1-9(18)21-14-13(20)12(8-17)23-16(15(14)22-10(2)19)24-11-6-4-3-5-7-11/h3-7,12-17,20H,8H2,1-2H3/t12-,13-,14+,15-,16+/m1/s1. The highest BCUT2D eigenvalue weighted by atomic mass is 32.2. The Morgan fingerprint density at radius 2 is 1.71 bits per heavy atom. The van der Waals surface area contributed by atoms with Crippen molar-refractivity contribution in [2.45, 2.75) is 48.6 Å². The monoisotopic (exact) mass is 356 g/mol. The smallest absolute Gasteiger partial charge is 0.303 e. The van der Waals surface area contributed by atoms with E-state index in [4.69, 9.17) is 14.2 Å². The van der Waals surface area contributed by atoms with Gasteiger partial charge in [0.15, 0.2) is 12.2 Å². The molecule has 5 atom stereocenters. The number of thioether (sulfide) groups is 1. The number of aliphatic hydroxyl groups excluding tert-OH is 2. The van der Waals surface area contributed by atoms with Gasteiger partial charge in [0.05, 0.1) is 6.61 Å². The minimum atomic E-state index is -1.31. The van der Waals surface area contributed by atoms with Crippen LogP contribution in [0.3, 0.4) is 0 Å². The quantitative estimate of drug-likeness (QED) is 0.744. The van der Waals surface area contributed by atoms with Crippen molar-refractivity contribution in [3.05, 3.63) is 30.3 Å². The van der Waals surface area contributed by atoms with E-state index in [0.717, 1.165) is 4.90 Å². The lowest BCUT2D eigenvalue weighted by Gasteiger charge is -2.42. The number of benzene rings is 1. The Labute approximate surface area is 143 Å². The number of aliphatic hydroxyl groups is 2. The highest BCUT2D eigenvalue weighted by Crippen LogP contribution is 2.36. The molecule has 0 spiro atoms. The van der Waals surface area contributed by atoms with Crippen molar-refractivity contribution >= 4 is 23.7 Å². The summed E-state index contributed by atoms with van der Waals surface area (Å²) in [5.74, 6) is -1.22. The third-order valence-electron chi connectivity index (χ3n) is 3.40. The van der Waals surface area contributed by atoms with E-state index >= 15 is 0 Å². The Kier molecular flexibility index (Phi) is 6.61. The highest BCUT2D eigenvalue weighted by molar-refractivity contribution is 7.99. The van der Waals surface area contributed by atoms with Gasteiger partial charge in [0.1, 0.15) is 17.6 Å². The number of hydrogen-bond donors (Lipinski definition) is 2. The maximum absolute atomic E-state index is 11.4. The molecule has 1 fully saturated rings. The van der Waals surface area contributed by atoms with Crippen molar-refractivity contribution in [3.8, 4) is 0 Å². The average Bonchev–Trinajstić information content (AvgIpc) is 2.53. The molecule has 2 N–H and O–H groups in total. The lowest BCUT2D eigenvalue weighted by Crippen LogP contribution is -2.60. The SMILES string of the molecule is CC(=O)O[C@@H]1[C@@H](OC(C)=O)[C@H](O)[C@@H](CO)O[C@H]1Sc1ccccc1. The van der Waals surface area contributed by atoms with Crippen LogP contribution < -0.4 is 0 Å². The number of rotatable bonds is 5. The summed E-state index contributed by atoms with van der Waals surface area (Å²) in [6, 6.07) is 9.23. The first-order valence-corrected chi connectivity index (χ1v) is 8.31. The van der Waals surface area contributed by atoms with Crippen molar-refractivity contribution in [1.29, 1.82) is 0 Å². The first kappa shape index (κ1) is 18.7. The molecule has 0 amide bonds. The number of carbonyl (C=O) groups is 2. The summed E-state index contributed by atoms with van der Waals surface area (Å²) in [6.45, 7) is 1.96. The molecule has 1 aliphatic heterocycles. The number of ether oxygens (including phenoxy) is 3. The average molecular weight is 356 g/mol. The van der Waals surface area contributed by atoms with Gasteiger partial charge in [-0.3, -0.25) is 9.59 Å². The zero-order valence-electron chi connectivity index (χ0n) is 13.3. The third kappa shape index (κ3) is 4.70.